The Hall–Kier alpha value is -0.610. The Kier molecular flexibility index (Phi) is 2.74. The Balaban J connectivity index is 1.91. The Labute approximate surface area is 83.6 Å². The quantitative estimate of drug-likeness (QED) is 0.701. The van der Waals surface area contributed by atoms with Crippen LogP contribution in [0.5, 0.6) is 0 Å². The molecule has 1 saturated carbocycles. The molecule has 4 nitrogen and oxygen atoms in total. The summed E-state index contributed by atoms with van der Waals surface area (Å²) in [6.07, 6.45) is 4.11. The zero-order valence-corrected chi connectivity index (χ0v) is 8.40. The lowest BCUT2D eigenvalue weighted by Crippen LogP contribution is -2.47. The van der Waals surface area contributed by atoms with Crippen LogP contribution in [0.4, 0.5) is 0 Å². The van der Waals surface area contributed by atoms with Crippen LogP contribution < -0.4 is 5.32 Å². The van der Waals surface area contributed by atoms with Crippen molar-refractivity contribution >= 4 is 5.97 Å². The molecular formula is C10H17NO3. The Morgan fingerprint density at radius 1 is 1.43 bits per heavy atom. The highest BCUT2D eigenvalue weighted by molar-refractivity contribution is 5.74. The molecule has 2 aliphatic rings. The average Bonchev–Trinajstić information content (AvgIpc) is 2.84. The molecule has 3 unspecified atom stereocenters. The number of hydrogen-bond acceptors (Lipinski definition) is 3. The second kappa shape index (κ2) is 3.87. The molecule has 14 heavy (non-hydrogen) atoms. The third-order valence-electron chi connectivity index (χ3n) is 2.90. The van der Waals surface area contributed by atoms with Gasteiger partial charge in [0.15, 0.2) is 0 Å². The van der Waals surface area contributed by atoms with Crippen molar-refractivity contribution in [1.82, 2.24) is 5.32 Å². The van der Waals surface area contributed by atoms with E-state index in [1.165, 1.54) is 0 Å². The van der Waals surface area contributed by atoms with Gasteiger partial charge in [0.2, 0.25) is 0 Å². The van der Waals surface area contributed by atoms with Gasteiger partial charge < -0.3 is 9.84 Å². The standard InChI is InChI=1S/C10H17NO3/c1-6-2-5-8(14-6)9(10(12)13)11-7-3-4-7/h6-9,11H,2-5H2,1H3,(H,12,13). The SMILES string of the molecule is CC1CCC(C(NC2CC2)C(=O)O)O1. The molecule has 1 heterocycles. The molecule has 2 fully saturated rings. The van der Waals surface area contributed by atoms with Crippen molar-refractivity contribution in [2.45, 2.75) is 56.9 Å². The van der Waals surface area contributed by atoms with E-state index < -0.39 is 12.0 Å². The minimum atomic E-state index is -0.781. The van der Waals surface area contributed by atoms with Gasteiger partial charge >= 0.3 is 5.97 Å². The molecule has 0 aromatic heterocycles. The van der Waals surface area contributed by atoms with Gasteiger partial charge in [-0.15, -0.1) is 0 Å². The summed E-state index contributed by atoms with van der Waals surface area (Å²) in [7, 11) is 0. The van der Waals surface area contributed by atoms with Gasteiger partial charge in [-0.25, -0.2) is 0 Å². The number of hydrogen-bond donors (Lipinski definition) is 2. The molecule has 0 radical (unpaired) electrons. The molecule has 3 atom stereocenters. The Morgan fingerprint density at radius 2 is 2.14 bits per heavy atom. The van der Waals surface area contributed by atoms with Crippen LogP contribution in [0.2, 0.25) is 0 Å². The second-order valence-electron chi connectivity index (χ2n) is 4.32. The van der Waals surface area contributed by atoms with Crippen LogP contribution in [-0.4, -0.2) is 35.4 Å². The lowest BCUT2D eigenvalue weighted by molar-refractivity contribution is -0.143. The van der Waals surface area contributed by atoms with Gasteiger partial charge in [-0.1, -0.05) is 0 Å². The zero-order chi connectivity index (χ0) is 10.1. The van der Waals surface area contributed by atoms with Crippen LogP contribution in [0.15, 0.2) is 0 Å². The van der Waals surface area contributed by atoms with Crippen LogP contribution in [0.1, 0.15) is 32.6 Å². The fourth-order valence-corrected chi connectivity index (χ4v) is 1.92. The predicted octanol–water partition coefficient (Wildman–Crippen LogP) is 0.759. The topological polar surface area (TPSA) is 58.6 Å². The summed E-state index contributed by atoms with van der Waals surface area (Å²) in [6, 6.07) is -0.0944. The van der Waals surface area contributed by atoms with Gasteiger partial charge in [0.25, 0.3) is 0 Å². The third kappa shape index (κ3) is 2.25. The van der Waals surface area contributed by atoms with Crippen molar-refractivity contribution in [2.75, 3.05) is 0 Å². The predicted molar refractivity (Wildman–Crippen MR) is 51.2 cm³/mol. The lowest BCUT2D eigenvalue weighted by Gasteiger charge is -2.20. The van der Waals surface area contributed by atoms with E-state index in [1.54, 1.807) is 0 Å². The van der Waals surface area contributed by atoms with Crippen molar-refractivity contribution < 1.29 is 14.6 Å². The van der Waals surface area contributed by atoms with Gasteiger partial charge in [-0.05, 0) is 32.6 Å². The number of ether oxygens (including phenoxy) is 1. The van der Waals surface area contributed by atoms with E-state index in [0.29, 0.717) is 6.04 Å². The third-order valence-corrected chi connectivity index (χ3v) is 2.90. The zero-order valence-electron chi connectivity index (χ0n) is 8.40. The molecule has 0 aromatic rings. The summed E-state index contributed by atoms with van der Waals surface area (Å²) in [5.41, 5.74) is 0. The molecule has 80 valence electrons. The van der Waals surface area contributed by atoms with E-state index in [2.05, 4.69) is 5.32 Å². The molecule has 0 bridgehead atoms. The van der Waals surface area contributed by atoms with Crippen molar-refractivity contribution in [3.05, 3.63) is 0 Å². The summed E-state index contributed by atoms with van der Waals surface area (Å²) in [4.78, 5) is 11.0. The van der Waals surface area contributed by atoms with Crippen LogP contribution in [0, 0.1) is 0 Å². The van der Waals surface area contributed by atoms with E-state index in [-0.39, 0.29) is 12.2 Å². The normalized spacial score (nSPS) is 34.4. The first-order valence-electron chi connectivity index (χ1n) is 5.31. The molecule has 1 aliphatic heterocycles. The molecule has 0 amide bonds. The van der Waals surface area contributed by atoms with Gasteiger partial charge in [-0.2, -0.15) is 0 Å². The Bertz CT molecular complexity index is 227. The smallest absolute Gasteiger partial charge is 0.323 e. The molecule has 2 rings (SSSR count). The van der Waals surface area contributed by atoms with Crippen molar-refractivity contribution in [1.29, 1.82) is 0 Å². The molecule has 0 spiro atoms. The monoisotopic (exact) mass is 199 g/mol. The van der Waals surface area contributed by atoms with E-state index in [0.717, 1.165) is 25.7 Å². The molecule has 4 heteroatoms. The number of aliphatic carboxylic acids is 1. The van der Waals surface area contributed by atoms with Gasteiger partial charge in [0, 0.05) is 6.04 Å². The minimum Gasteiger partial charge on any atom is -0.480 e. The number of nitrogens with one attached hydrogen (secondary N) is 1. The van der Waals surface area contributed by atoms with Crippen LogP contribution >= 0.6 is 0 Å². The highest BCUT2D eigenvalue weighted by Gasteiger charge is 2.37. The molecule has 1 aliphatic carbocycles. The summed E-state index contributed by atoms with van der Waals surface area (Å²) >= 11 is 0. The Morgan fingerprint density at radius 3 is 2.57 bits per heavy atom. The summed E-state index contributed by atoms with van der Waals surface area (Å²) < 4.78 is 5.57. The van der Waals surface area contributed by atoms with Gasteiger partial charge in [0.1, 0.15) is 6.04 Å². The first-order chi connectivity index (χ1) is 6.66. The maximum absolute atomic E-state index is 11.0. The number of carboxylic acid groups (broad SMARTS) is 1. The highest BCUT2D eigenvalue weighted by atomic mass is 16.5. The van der Waals surface area contributed by atoms with Gasteiger partial charge in [0.05, 0.1) is 12.2 Å². The van der Waals surface area contributed by atoms with E-state index in [9.17, 15) is 4.79 Å². The second-order valence-corrected chi connectivity index (χ2v) is 4.32. The lowest BCUT2D eigenvalue weighted by atomic mass is 10.1. The highest BCUT2D eigenvalue weighted by Crippen LogP contribution is 2.25. The van der Waals surface area contributed by atoms with E-state index in [1.807, 2.05) is 6.92 Å². The summed E-state index contributed by atoms with van der Waals surface area (Å²) in [5.74, 6) is -0.781. The summed E-state index contributed by atoms with van der Waals surface area (Å²) in [5, 5.41) is 12.2. The maximum atomic E-state index is 11.0. The van der Waals surface area contributed by atoms with Crippen molar-refractivity contribution in [2.24, 2.45) is 0 Å². The van der Waals surface area contributed by atoms with Gasteiger partial charge in [-0.3, -0.25) is 10.1 Å². The number of carboxylic acids is 1. The fourth-order valence-electron chi connectivity index (χ4n) is 1.92. The molecule has 2 N–H and O–H groups in total. The van der Waals surface area contributed by atoms with E-state index in [4.69, 9.17) is 9.84 Å². The molecular weight excluding hydrogens is 182 g/mol. The number of rotatable bonds is 4. The average molecular weight is 199 g/mol. The largest absolute Gasteiger partial charge is 0.480 e. The maximum Gasteiger partial charge on any atom is 0.323 e. The van der Waals surface area contributed by atoms with E-state index >= 15 is 0 Å². The van der Waals surface area contributed by atoms with Crippen LogP contribution in [0.3, 0.4) is 0 Å². The van der Waals surface area contributed by atoms with Crippen molar-refractivity contribution in [3.8, 4) is 0 Å². The first-order valence-corrected chi connectivity index (χ1v) is 5.31. The summed E-state index contributed by atoms with van der Waals surface area (Å²) in [6.45, 7) is 2.00. The minimum absolute atomic E-state index is 0.136. The number of carbonyl (C=O) groups is 1. The van der Waals surface area contributed by atoms with Crippen LogP contribution in [-0.2, 0) is 9.53 Å². The molecule has 1 saturated heterocycles. The van der Waals surface area contributed by atoms with Crippen molar-refractivity contribution in [3.63, 3.8) is 0 Å². The molecule has 0 aromatic carbocycles. The first kappa shape index (κ1) is 9.93. The van der Waals surface area contributed by atoms with Crippen LogP contribution in [0.25, 0.3) is 0 Å². The fraction of sp³-hybridized carbons (Fsp3) is 0.900.